The average molecular weight is 297 g/mol. The molecule has 0 spiro atoms. The van der Waals surface area contributed by atoms with Gasteiger partial charge in [0.15, 0.2) is 0 Å². The summed E-state index contributed by atoms with van der Waals surface area (Å²) in [6, 6.07) is 14.6. The lowest BCUT2D eigenvalue weighted by Gasteiger charge is -2.14. The van der Waals surface area contributed by atoms with E-state index >= 15 is 0 Å². The predicted molar refractivity (Wildman–Crippen MR) is 87.5 cm³/mol. The average Bonchev–Trinajstić information content (AvgIpc) is 2.47. The van der Waals surface area contributed by atoms with Crippen LogP contribution in [0.15, 0.2) is 48.5 Å². The topological polar surface area (TPSA) is 84.2 Å². The van der Waals surface area contributed by atoms with E-state index < -0.39 is 0 Å². The molecule has 5 nitrogen and oxygen atoms in total. The van der Waals surface area contributed by atoms with E-state index in [4.69, 9.17) is 5.73 Å². The van der Waals surface area contributed by atoms with Crippen molar-refractivity contribution in [1.82, 2.24) is 0 Å². The molecule has 0 aromatic heterocycles. The van der Waals surface area contributed by atoms with Crippen LogP contribution in [0.2, 0.25) is 0 Å². The van der Waals surface area contributed by atoms with Gasteiger partial charge in [-0.3, -0.25) is 9.59 Å². The summed E-state index contributed by atoms with van der Waals surface area (Å²) < 4.78 is 0. The van der Waals surface area contributed by atoms with E-state index in [1.165, 1.54) is 13.8 Å². The molecule has 0 saturated heterocycles. The lowest BCUT2D eigenvalue weighted by molar-refractivity contribution is -0.115. The second-order valence-electron chi connectivity index (χ2n) is 5.08. The maximum absolute atomic E-state index is 11.0. The van der Waals surface area contributed by atoms with Gasteiger partial charge in [0.25, 0.3) is 0 Å². The smallest absolute Gasteiger partial charge is 0.221 e. The lowest BCUT2D eigenvalue weighted by Crippen LogP contribution is -2.12. The van der Waals surface area contributed by atoms with Crippen molar-refractivity contribution < 1.29 is 9.59 Å². The van der Waals surface area contributed by atoms with Crippen molar-refractivity contribution in [2.24, 2.45) is 5.73 Å². The molecule has 0 aliphatic carbocycles. The molecule has 0 heterocycles. The van der Waals surface area contributed by atoms with Crippen LogP contribution in [-0.4, -0.2) is 11.8 Å². The minimum Gasteiger partial charge on any atom is -0.326 e. The van der Waals surface area contributed by atoms with Crippen molar-refractivity contribution in [2.75, 3.05) is 10.6 Å². The molecule has 2 aromatic carbocycles. The van der Waals surface area contributed by atoms with Gasteiger partial charge >= 0.3 is 0 Å². The van der Waals surface area contributed by atoms with Gasteiger partial charge in [0.2, 0.25) is 11.8 Å². The number of amides is 2. The second kappa shape index (κ2) is 6.87. The molecule has 0 fully saturated rings. The fraction of sp³-hybridized carbons (Fsp3) is 0.176. The Labute approximate surface area is 129 Å². The summed E-state index contributed by atoms with van der Waals surface area (Å²) in [5.41, 5.74) is 9.62. The second-order valence-corrected chi connectivity index (χ2v) is 5.08. The molecule has 2 rings (SSSR count). The first-order valence-corrected chi connectivity index (χ1v) is 6.96. The first-order valence-electron chi connectivity index (χ1n) is 6.96. The number of nitrogens with two attached hydrogens (primary N) is 1. The number of hydrogen-bond donors (Lipinski definition) is 3. The third kappa shape index (κ3) is 4.17. The van der Waals surface area contributed by atoms with Crippen LogP contribution in [0, 0.1) is 0 Å². The van der Waals surface area contributed by atoms with Crippen molar-refractivity contribution in [1.29, 1.82) is 0 Å². The maximum Gasteiger partial charge on any atom is 0.221 e. The summed E-state index contributed by atoms with van der Waals surface area (Å²) in [6.07, 6.45) is 0. The molecule has 0 atom stereocenters. The Hall–Kier alpha value is -2.66. The number of nitrogens with one attached hydrogen (secondary N) is 2. The molecule has 0 bridgehead atoms. The van der Waals surface area contributed by atoms with Crippen molar-refractivity contribution >= 4 is 23.2 Å². The highest BCUT2D eigenvalue weighted by Gasteiger charge is 2.09. The third-order valence-corrected chi connectivity index (χ3v) is 3.18. The molecule has 5 heteroatoms. The van der Waals surface area contributed by atoms with Gasteiger partial charge < -0.3 is 16.4 Å². The third-order valence-electron chi connectivity index (χ3n) is 3.18. The lowest BCUT2D eigenvalue weighted by atomic mass is 9.99. The Balaban J connectivity index is 2.11. The van der Waals surface area contributed by atoms with Gasteiger partial charge in [0, 0.05) is 25.2 Å². The number of carbonyl (C=O) groups is 2. The molecule has 0 aliphatic rings. The highest BCUT2D eigenvalue weighted by Crippen LogP contribution is 2.22. The molecule has 0 unspecified atom stereocenters. The molecule has 2 amide bonds. The van der Waals surface area contributed by atoms with E-state index in [0.717, 1.165) is 22.5 Å². The van der Waals surface area contributed by atoms with Gasteiger partial charge in [-0.05, 0) is 35.4 Å². The van der Waals surface area contributed by atoms with Crippen LogP contribution >= 0.6 is 0 Å². The molecule has 0 aliphatic heterocycles. The van der Waals surface area contributed by atoms with E-state index in [1.54, 1.807) is 0 Å². The molecule has 4 N–H and O–H groups in total. The molecule has 0 saturated carbocycles. The van der Waals surface area contributed by atoms with E-state index in [2.05, 4.69) is 10.6 Å². The Morgan fingerprint density at radius 3 is 1.36 bits per heavy atom. The zero-order valence-corrected chi connectivity index (χ0v) is 12.6. The van der Waals surface area contributed by atoms with Gasteiger partial charge in [-0.25, -0.2) is 0 Å². The summed E-state index contributed by atoms with van der Waals surface area (Å²) in [5.74, 6) is -0.212. The van der Waals surface area contributed by atoms with E-state index in [1.807, 2.05) is 48.5 Å². The van der Waals surface area contributed by atoms with Crippen LogP contribution in [0.1, 0.15) is 31.0 Å². The van der Waals surface area contributed by atoms with Crippen molar-refractivity contribution in [3.05, 3.63) is 59.7 Å². The summed E-state index contributed by atoms with van der Waals surface area (Å²) in [5, 5.41) is 5.43. The fourth-order valence-electron chi connectivity index (χ4n) is 2.15. The van der Waals surface area contributed by atoms with Gasteiger partial charge in [-0.2, -0.15) is 0 Å². The number of benzene rings is 2. The van der Waals surface area contributed by atoms with Crippen molar-refractivity contribution in [3.8, 4) is 0 Å². The Morgan fingerprint density at radius 1 is 0.773 bits per heavy atom. The summed E-state index contributed by atoms with van der Waals surface area (Å²) in [4.78, 5) is 22.0. The minimum absolute atomic E-state index is 0.106. The van der Waals surface area contributed by atoms with Gasteiger partial charge in [-0.15, -0.1) is 0 Å². The molecular formula is C17H19N3O2. The number of anilines is 2. The number of rotatable bonds is 4. The first kappa shape index (κ1) is 15.7. The molecule has 0 radical (unpaired) electrons. The van der Waals surface area contributed by atoms with Crippen molar-refractivity contribution in [2.45, 2.75) is 19.9 Å². The predicted octanol–water partition coefficient (Wildman–Crippen LogP) is 2.65. The van der Waals surface area contributed by atoms with Crippen molar-refractivity contribution in [3.63, 3.8) is 0 Å². The van der Waals surface area contributed by atoms with Crippen LogP contribution in [-0.2, 0) is 9.59 Å². The Kier molecular flexibility index (Phi) is 4.91. The van der Waals surface area contributed by atoms with Gasteiger partial charge in [-0.1, -0.05) is 24.3 Å². The summed E-state index contributed by atoms with van der Waals surface area (Å²) in [7, 11) is 0. The number of carbonyl (C=O) groups excluding carboxylic acids is 2. The normalized spacial score (nSPS) is 10.4. The quantitative estimate of drug-likeness (QED) is 0.811. The highest BCUT2D eigenvalue weighted by molar-refractivity contribution is 5.89. The highest BCUT2D eigenvalue weighted by atomic mass is 16.2. The van der Waals surface area contributed by atoms with Crippen LogP contribution < -0.4 is 16.4 Å². The molecule has 22 heavy (non-hydrogen) atoms. The summed E-state index contributed by atoms with van der Waals surface area (Å²) >= 11 is 0. The largest absolute Gasteiger partial charge is 0.326 e. The van der Waals surface area contributed by atoms with E-state index in [0.29, 0.717) is 0 Å². The van der Waals surface area contributed by atoms with Crippen LogP contribution in [0.5, 0.6) is 0 Å². The van der Waals surface area contributed by atoms with Gasteiger partial charge in [0.05, 0.1) is 6.04 Å². The SMILES string of the molecule is CC(=O)Nc1ccc(C(N)c2ccc(NC(C)=O)cc2)cc1. The summed E-state index contributed by atoms with van der Waals surface area (Å²) in [6.45, 7) is 2.94. The Morgan fingerprint density at radius 2 is 1.09 bits per heavy atom. The monoisotopic (exact) mass is 297 g/mol. The van der Waals surface area contributed by atoms with Crippen LogP contribution in [0.4, 0.5) is 11.4 Å². The first-order chi connectivity index (χ1) is 10.5. The van der Waals surface area contributed by atoms with Crippen LogP contribution in [0.25, 0.3) is 0 Å². The zero-order chi connectivity index (χ0) is 16.1. The van der Waals surface area contributed by atoms with E-state index in [-0.39, 0.29) is 17.9 Å². The van der Waals surface area contributed by atoms with E-state index in [9.17, 15) is 9.59 Å². The fourth-order valence-corrected chi connectivity index (χ4v) is 2.15. The number of hydrogen-bond acceptors (Lipinski definition) is 3. The molecule has 2 aromatic rings. The standard InChI is InChI=1S/C17H19N3O2/c1-11(21)19-15-7-3-13(4-8-15)17(18)14-5-9-16(10-6-14)20-12(2)22/h3-10,17H,18H2,1-2H3,(H,19,21)(H,20,22). The minimum atomic E-state index is -0.266. The van der Waals surface area contributed by atoms with Gasteiger partial charge in [0.1, 0.15) is 0 Å². The zero-order valence-electron chi connectivity index (χ0n) is 12.6. The van der Waals surface area contributed by atoms with Crippen LogP contribution in [0.3, 0.4) is 0 Å². The maximum atomic E-state index is 11.0. The molecule has 114 valence electrons. The Bertz CT molecular complexity index is 604. The molecular weight excluding hydrogens is 278 g/mol.